The van der Waals surface area contributed by atoms with E-state index in [2.05, 4.69) is 13.8 Å². The number of esters is 4. The van der Waals surface area contributed by atoms with E-state index in [0.717, 1.165) is 25.7 Å². The Bertz CT molecular complexity index is 627. The molecule has 2 aliphatic heterocycles. The summed E-state index contributed by atoms with van der Waals surface area (Å²) in [6.45, 7) is 4.49. The molecule has 0 N–H and O–H groups in total. The maximum atomic E-state index is 11.7. The number of rotatable bonds is 2. The first kappa shape index (κ1) is 20.2. The molecule has 0 unspecified atom stereocenters. The largest absolute Gasteiger partial charge is 0.422 e. The summed E-state index contributed by atoms with van der Waals surface area (Å²) in [4.78, 5) is 46.7. The van der Waals surface area contributed by atoms with Crippen LogP contribution in [0.15, 0.2) is 0 Å². The minimum absolute atomic E-state index is 0.00852. The van der Waals surface area contributed by atoms with Crippen molar-refractivity contribution in [3.63, 3.8) is 0 Å². The van der Waals surface area contributed by atoms with E-state index in [1.807, 2.05) is 0 Å². The molecule has 2 heterocycles. The highest BCUT2D eigenvalue weighted by molar-refractivity contribution is 5.93. The van der Waals surface area contributed by atoms with Gasteiger partial charge in [0.25, 0.3) is 11.6 Å². The van der Waals surface area contributed by atoms with E-state index in [4.69, 9.17) is 18.9 Å². The van der Waals surface area contributed by atoms with E-state index in [9.17, 15) is 19.2 Å². The molecule has 8 heteroatoms. The molecule has 4 aliphatic rings. The topological polar surface area (TPSA) is 105 Å². The Hall–Kier alpha value is -2.12. The third kappa shape index (κ3) is 3.85. The standard InChI is InChI=1S/C21H28O8/c1-19(2,13-3-7-20(8-4-13)26-15(22)11-16(23)27-20)14-5-9-21(10-6-14)28-17(24)12-18(25)29-21/h13-14H,3-12H2,1-2H3. The monoisotopic (exact) mass is 408 g/mol. The van der Waals surface area contributed by atoms with Crippen LogP contribution in [0.2, 0.25) is 0 Å². The zero-order valence-corrected chi connectivity index (χ0v) is 17.0. The van der Waals surface area contributed by atoms with Gasteiger partial charge in [0, 0.05) is 25.7 Å². The van der Waals surface area contributed by atoms with Crippen LogP contribution in [0.1, 0.15) is 78.1 Å². The zero-order chi connectivity index (χ0) is 20.9. The molecule has 29 heavy (non-hydrogen) atoms. The smallest absolute Gasteiger partial charge is 0.320 e. The van der Waals surface area contributed by atoms with Gasteiger partial charge in [0.15, 0.2) is 0 Å². The maximum Gasteiger partial charge on any atom is 0.320 e. The molecule has 2 saturated heterocycles. The Kier molecular flexibility index (Phi) is 4.86. The molecule has 0 aromatic heterocycles. The lowest BCUT2D eigenvalue weighted by atomic mass is 9.60. The fourth-order valence-electron chi connectivity index (χ4n) is 5.60. The summed E-state index contributed by atoms with van der Waals surface area (Å²) in [5, 5.41) is 0. The Labute approximate surface area is 169 Å². The van der Waals surface area contributed by atoms with Gasteiger partial charge >= 0.3 is 23.9 Å². The third-order valence-corrected chi connectivity index (χ3v) is 7.38. The molecule has 0 atom stereocenters. The highest BCUT2D eigenvalue weighted by atomic mass is 16.8. The first-order valence-electron chi connectivity index (χ1n) is 10.5. The summed E-state index contributed by atoms with van der Waals surface area (Å²) >= 11 is 0. The van der Waals surface area contributed by atoms with Crippen LogP contribution in [0.4, 0.5) is 0 Å². The number of carbonyl (C=O) groups excluding carboxylic acids is 4. The molecule has 8 nitrogen and oxygen atoms in total. The van der Waals surface area contributed by atoms with Gasteiger partial charge in [0.05, 0.1) is 0 Å². The maximum absolute atomic E-state index is 11.7. The van der Waals surface area contributed by atoms with Gasteiger partial charge in [-0.2, -0.15) is 0 Å². The Balaban J connectivity index is 1.36. The summed E-state index contributed by atoms with van der Waals surface area (Å²) in [7, 11) is 0. The molecule has 2 saturated carbocycles. The predicted molar refractivity (Wildman–Crippen MR) is 96.8 cm³/mol. The van der Waals surface area contributed by atoms with Crippen molar-refractivity contribution >= 4 is 23.9 Å². The van der Waals surface area contributed by atoms with Crippen LogP contribution >= 0.6 is 0 Å². The molecular formula is C21H28O8. The molecule has 160 valence electrons. The van der Waals surface area contributed by atoms with Gasteiger partial charge < -0.3 is 18.9 Å². The minimum Gasteiger partial charge on any atom is -0.422 e. The number of ether oxygens (including phenoxy) is 4. The van der Waals surface area contributed by atoms with Crippen molar-refractivity contribution in [2.24, 2.45) is 17.3 Å². The van der Waals surface area contributed by atoms with Crippen molar-refractivity contribution in [3.8, 4) is 0 Å². The molecule has 0 aromatic rings. The lowest BCUT2D eigenvalue weighted by Gasteiger charge is -2.50. The van der Waals surface area contributed by atoms with Gasteiger partial charge in [-0.25, -0.2) is 0 Å². The molecule has 2 spiro atoms. The van der Waals surface area contributed by atoms with E-state index in [0.29, 0.717) is 37.5 Å². The minimum atomic E-state index is -1.08. The quantitative estimate of drug-likeness (QED) is 0.507. The summed E-state index contributed by atoms with van der Waals surface area (Å²) in [5.74, 6) is -3.41. The Morgan fingerprint density at radius 1 is 0.621 bits per heavy atom. The predicted octanol–water partition coefficient (Wildman–Crippen LogP) is 2.77. The number of hydrogen-bond donors (Lipinski definition) is 0. The first-order valence-corrected chi connectivity index (χ1v) is 10.5. The third-order valence-electron chi connectivity index (χ3n) is 7.38. The van der Waals surface area contributed by atoms with Gasteiger partial charge in [0.2, 0.25) is 0 Å². The average molecular weight is 408 g/mol. The van der Waals surface area contributed by atoms with Crippen LogP contribution in [0.25, 0.3) is 0 Å². The van der Waals surface area contributed by atoms with E-state index < -0.39 is 35.5 Å². The average Bonchev–Trinajstić information content (AvgIpc) is 2.60. The zero-order valence-electron chi connectivity index (χ0n) is 17.0. The first-order chi connectivity index (χ1) is 13.6. The molecule has 2 aliphatic carbocycles. The van der Waals surface area contributed by atoms with Crippen molar-refractivity contribution < 1.29 is 38.1 Å². The van der Waals surface area contributed by atoms with Crippen LogP contribution in [0.5, 0.6) is 0 Å². The van der Waals surface area contributed by atoms with E-state index in [-0.39, 0.29) is 18.3 Å². The molecule has 0 bridgehead atoms. The van der Waals surface area contributed by atoms with Gasteiger partial charge in [-0.15, -0.1) is 0 Å². The van der Waals surface area contributed by atoms with Crippen molar-refractivity contribution in [3.05, 3.63) is 0 Å². The van der Waals surface area contributed by atoms with Gasteiger partial charge in [-0.05, 0) is 42.9 Å². The number of hydrogen-bond acceptors (Lipinski definition) is 8. The van der Waals surface area contributed by atoms with Crippen molar-refractivity contribution in [1.82, 2.24) is 0 Å². The summed E-state index contributed by atoms with van der Waals surface area (Å²) in [6, 6.07) is 0. The fourth-order valence-corrected chi connectivity index (χ4v) is 5.60. The molecule has 0 aromatic carbocycles. The molecular weight excluding hydrogens is 380 g/mol. The van der Waals surface area contributed by atoms with Gasteiger partial charge in [0.1, 0.15) is 12.8 Å². The summed E-state index contributed by atoms with van der Waals surface area (Å²) in [5.41, 5.74) is 0.00852. The van der Waals surface area contributed by atoms with Crippen LogP contribution in [-0.2, 0) is 38.1 Å². The molecule has 0 radical (unpaired) electrons. The summed E-state index contributed by atoms with van der Waals surface area (Å²) in [6.07, 6.45) is 4.67. The Morgan fingerprint density at radius 2 is 0.897 bits per heavy atom. The Morgan fingerprint density at radius 3 is 1.17 bits per heavy atom. The van der Waals surface area contributed by atoms with Crippen molar-refractivity contribution in [2.75, 3.05) is 0 Å². The normalized spacial score (nSPS) is 29.8. The highest BCUT2D eigenvalue weighted by Crippen LogP contribution is 2.53. The number of carbonyl (C=O) groups is 4. The van der Waals surface area contributed by atoms with Crippen LogP contribution in [0, 0.1) is 17.3 Å². The lowest BCUT2D eigenvalue weighted by molar-refractivity contribution is -0.260. The van der Waals surface area contributed by atoms with Crippen molar-refractivity contribution in [2.45, 2.75) is 89.6 Å². The van der Waals surface area contributed by atoms with E-state index >= 15 is 0 Å². The molecule has 4 rings (SSSR count). The highest BCUT2D eigenvalue weighted by Gasteiger charge is 2.52. The van der Waals surface area contributed by atoms with Crippen molar-refractivity contribution in [1.29, 1.82) is 0 Å². The second kappa shape index (κ2) is 6.99. The van der Waals surface area contributed by atoms with E-state index in [1.54, 1.807) is 0 Å². The SMILES string of the molecule is CC(C)(C1CCC2(CC1)OC(=O)CC(=O)O2)C1CCC2(CC1)OC(=O)CC(=O)O2. The van der Waals surface area contributed by atoms with Crippen LogP contribution in [-0.4, -0.2) is 35.5 Å². The van der Waals surface area contributed by atoms with Crippen LogP contribution in [0.3, 0.4) is 0 Å². The second-order valence-electron chi connectivity index (χ2n) is 9.44. The lowest BCUT2D eigenvalue weighted by Crippen LogP contribution is -2.51. The van der Waals surface area contributed by atoms with Gasteiger partial charge in [-0.1, -0.05) is 13.8 Å². The fraction of sp³-hybridized carbons (Fsp3) is 0.810. The van der Waals surface area contributed by atoms with E-state index in [1.165, 1.54) is 0 Å². The summed E-state index contributed by atoms with van der Waals surface area (Å²) < 4.78 is 21.6. The van der Waals surface area contributed by atoms with Gasteiger partial charge in [-0.3, -0.25) is 19.2 Å². The second-order valence-corrected chi connectivity index (χ2v) is 9.44. The molecule has 4 fully saturated rings. The molecule has 0 amide bonds. The van der Waals surface area contributed by atoms with Crippen LogP contribution < -0.4 is 0 Å².